The Bertz CT molecular complexity index is 696. The highest BCUT2D eigenvalue weighted by molar-refractivity contribution is 7.17. The molecule has 0 bridgehead atoms. The Morgan fingerprint density at radius 3 is 2.80 bits per heavy atom. The van der Waals surface area contributed by atoms with E-state index in [0.717, 1.165) is 13.0 Å². The van der Waals surface area contributed by atoms with Gasteiger partial charge < -0.3 is 5.32 Å². The molecule has 1 atom stereocenters. The van der Waals surface area contributed by atoms with Gasteiger partial charge in [0.15, 0.2) is 0 Å². The minimum absolute atomic E-state index is 0.316. The zero-order valence-corrected chi connectivity index (χ0v) is 13.5. The molecule has 3 rings (SSSR count). The summed E-state index contributed by atoms with van der Waals surface area (Å²) in [7, 11) is 0. The van der Waals surface area contributed by atoms with E-state index in [1.165, 1.54) is 25.4 Å². The number of rotatable bonds is 5. The molecular formula is C17H19NS2. The SMILES string of the molecule is CCCNC(c1ccc(C)s1)c1cccc2ccsc12. The maximum atomic E-state index is 3.71. The van der Waals surface area contributed by atoms with Crippen molar-refractivity contribution in [1.29, 1.82) is 0 Å². The zero-order chi connectivity index (χ0) is 13.9. The van der Waals surface area contributed by atoms with Crippen LogP contribution in [0.3, 0.4) is 0 Å². The lowest BCUT2D eigenvalue weighted by Crippen LogP contribution is -2.22. The number of hydrogen-bond acceptors (Lipinski definition) is 3. The summed E-state index contributed by atoms with van der Waals surface area (Å²) in [6.07, 6.45) is 1.15. The summed E-state index contributed by atoms with van der Waals surface area (Å²) in [4.78, 5) is 2.79. The molecule has 0 saturated carbocycles. The van der Waals surface area contributed by atoms with E-state index in [0.29, 0.717) is 6.04 Å². The number of fused-ring (bicyclic) bond motifs is 1. The van der Waals surface area contributed by atoms with Gasteiger partial charge >= 0.3 is 0 Å². The predicted octanol–water partition coefficient (Wildman–Crippen LogP) is 5.36. The maximum absolute atomic E-state index is 3.71. The van der Waals surface area contributed by atoms with Gasteiger partial charge in [-0.05, 0) is 54.4 Å². The molecular weight excluding hydrogens is 282 g/mol. The van der Waals surface area contributed by atoms with Gasteiger partial charge in [-0.1, -0.05) is 25.1 Å². The number of benzene rings is 1. The van der Waals surface area contributed by atoms with Crippen molar-refractivity contribution in [3.8, 4) is 0 Å². The molecule has 3 aromatic rings. The van der Waals surface area contributed by atoms with Gasteiger partial charge in [0.2, 0.25) is 0 Å². The molecule has 1 nitrogen and oxygen atoms in total. The summed E-state index contributed by atoms with van der Waals surface area (Å²) in [5.41, 5.74) is 1.41. The molecule has 0 aliphatic heterocycles. The number of nitrogens with one attached hydrogen (secondary N) is 1. The van der Waals surface area contributed by atoms with Crippen LogP contribution in [0.25, 0.3) is 10.1 Å². The Morgan fingerprint density at radius 2 is 2.05 bits per heavy atom. The van der Waals surface area contributed by atoms with Gasteiger partial charge in [0, 0.05) is 14.5 Å². The van der Waals surface area contributed by atoms with E-state index in [1.54, 1.807) is 0 Å². The van der Waals surface area contributed by atoms with Crippen molar-refractivity contribution in [1.82, 2.24) is 5.32 Å². The highest BCUT2D eigenvalue weighted by Gasteiger charge is 2.18. The van der Waals surface area contributed by atoms with Crippen LogP contribution >= 0.6 is 22.7 Å². The summed E-state index contributed by atoms with van der Waals surface area (Å²) in [6, 6.07) is 13.6. The largest absolute Gasteiger partial charge is 0.306 e. The van der Waals surface area contributed by atoms with Gasteiger partial charge in [0.25, 0.3) is 0 Å². The molecule has 1 unspecified atom stereocenters. The molecule has 0 radical (unpaired) electrons. The van der Waals surface area contributed by atoms with Crippen molar-refractivity contribution in [2.24, 2.45) is 0 Å². The molecule has 3 heteroatoms. The molecule has 0 saturated heterocycles. The van der Waals surface area contributed by atoms with Gasteiger partial charge in [-0.3, -0.25) is 0 Å². The van der Waals surface area contributed by atoms with E-state index < -0.39 is 0 Å². The van der Waals surface area contributed by atoms with Crippen molar-refractivity contribution in [3.63, 3.8) is 0 Å². The Kier molecular flexibility index (Phi) is 4.20. The average Bonchev–Trinajstić information content (AvgIpc) is 3.08. The third kappa shape index (κ3) is 2.66. The Balaban J connectivity index is 2.06. The summed E-state index contributed by atoms with van der Waals surface area (Å²) >= 11 is 3.74. The van der Waals surface area contributed by atoms with Crippen LogP contribution in [0.5, 0.6) is 0 Å². The molecule has 20 heavy (non-hydrogen) atoms. The highest BCUT2D eigenvalue weighted by Crippen LogP contribution is 2.34. The van der Waals surface area contributed by atoms with Crippen molar-refractivity contribution >= 4 is 32.8 Å². The molecule has 104 valence electrons. The topological polar surface area (TPSA) is 12.0 Å². The van der Waals surface area contributed by atoms with Crippen LogP contribution < -0.4 is 5.32 Å². The van der Waals surface area contributed by atoms with Crippen LogP contribution in [-0.4, -0.2) is 6.54 Å². The molecule has 2 aromatic heterocycles. The molecule has 2 heterocycles. The number of aryl methyl sites for hydroxylation is 1. The van der Waals surface area contributed by atoms with Crippen LogP contribution in [0, 0.1) is 6.92 Å². The fraction of sp³-hybridized carbons (Fsp3) is 0.294. The summed E-state index contributed by atoms with van der Waals surface area (Å²) in [5.74, 6) is 0. The lowest BCUT2D eigenvalue weighted by molar-refractivity contribution is 0.609. The van der Waals surface area contributed by atoms with Gasteiger partial charge in [0.1, 0.15) is 0 Å². The maximum Gasteiger partial charge on any atom is 0.0685 e. The molecule has 0 aliphatic carbocycles. The van der Waals surface area contributed by atoms with Gasteiger partial charge in [0.05, 0.1) is 6.04 Å². The van der Waals surface area contributed by atoms with Crippen molar-refractivity contribution < 1.29 is 0 Å². The Hall–Kier alpha value is -1.16. The van der Waals surface area contributed by atoms with Crippen LogP contribution in [-0.2, 0) is 0 Å². The lowest BCUT2D eigenvalue weighted by atomic mass is 10.0. The van der Waals surface area contributed by atoms with Gasteiger partial charge in [-0.25, -0.2) is 0 Å². The molecule has 1 N–H and O–H groups in total. The average molecular weight is 301 g/mol. The third-order valence-corrected chi connectivity index (χ3v) is 5.51. The first-order valence-corrected chi connectivity index (χ1v) is 8.75. The number of thiophene rings is 2. The van der Waals surface area contributed by atoms with E-state index in [9.17, 15) is 0 Å². The van der Waals surface area contributed by atoms with Gasteiger partial charge in [-0.15, -0.1) is 22.7 Å². The second-order valence-corrected chi connectivity index (χ2v) is 7.26. The second kappa shape index (κ2) is 6.08. The zero-order valence-electron chi connectivity index (χ0n) is 11.8. The smallest absolute Gasteiger partial charge is 0.0685 e. The van der Waals surface area contributed by atoms with Crippen molar-refractivity contribution in [2.45, 2.75) is 26.3 Å². The fourth-order valence-corrected chi connectivity index (χ4v) is 4.42. The fourth-order valence-electron chi connectivity index (χ4n) is 2.50. The van der Waals surface area contributed by atoms with E-state index in [4.69, 9.17) is 0 Å². The molecule has 0 aliphatic rings. The molecule has 0 amide bonds. The van der Waals surface area contributed by atoms with Crippen molar-refractivity contribution in [3.05, 3.63) is 57.1 Å². The van der Waals surface area contributed by atoms with Gasteiger partial charge in [-0.2, -0.15) is 0 Å². The van der Waals surface area contributed by atoms with Crippen LogP contribution in [0.15, 0.2) is 41.8 Å². The minimum Gasteiger partial charge on any atom is -0.306 e. The van der Waals surface area contributed by atoms with E-state index >= 15 is 0 Å². The molecule has 1 aromatic carbocycles. The van der Waals surface area contributed by atoms with E-state index in [-0.39, 0.29) is 0 Å². The van der Waals surface area contributed by atoms with E-state index in [1.807, 2.05) is 22.7 Å². The third-order valence-electron chi connectivity index (χ3n) is 3.46. The second-order valence-electron chi connectivity index (χ2n) is 5.02. The molecule has 0 spiro atoms. The van der Waals surface area contributed by atoms with Crippen LogP contribution in [0.1, 0.15) is 34.7 Å². The standard InChI is InChI=1S/C17H19NS2/c1-3-10-18-16(15-8-7-12(2)20-15)14-6-4-5-13-9-11-19-17(13)14/h4-9,11,16,18H,3,10H2,1-2H3. The predicted molar refractivity (Wildman–Crippen MR) is 91.0 cm³/mol. The minimum atomic E-state index is 0.316. The number of hydrogen-bond donors (Lipinski definition) is 1. The Labute approximate surface area is 128 Å². The summed E-state index contributed by atoms with van der Waals surface area (Å²) in [5, 5.41) is 7.25. The monoisotopic (exact) mass is 301 g/mol. The first-order valence-electron chi connectivity index (χ1n) is 7.05. The summed E-state index contributed by atoms with van der Waals surface area (Å²) < 4.78 is 1.41. The van der Waals surface area contributed by atoms with Crippen molar-refractivity contribution in [2.75, 3.05) is 6.54 Å². The van der Waals surface area contributed by atoms with Crippen LogP contribution in [0.2, 0.25) is 0 Å². The lowest BCUT2D eigenvalue weighted by Gasteiger charge is -2.18. The first kappa shape index (κ1) is 13.8. The summed E-state index contributed by atoms with van der Waals surface area (Å²) in [6.45, 7) is 5.44. The normalized spacial score (nSPS) is 12.9. The molecule has 0 fully saturated rings. The van der Waals surface area contributed by atoms with Crippen LogP contribution in [0.4, 0.5) is 0 Å². The first-order chi connectivity index (χ1) is 9.79. The Morgan fingerprint density at radius 1 is 1.15 bits per heavy atom. The van der Waals surface area contributed by atoms with E-state index in [2.05, 4.69) is 60.9 Å². The quantitative estimate of drug-likeness (QED) is 0.669. The highest BCUT2D eigenvalue weighted by atomic mass is 32.1.